The van der Waals surface area contributed by atoms with E-state index in [1.165, 1.54) is 18.3 Å². The minimum absolute atomic E-state index is 0.0263. The highest BCUT2D eigenvalue weighted by molar-refractivity contribution is 5.97. The number of hydrogen-bond acceptors (Lipinski definition) is 4. The van der Waals surface area contributed by atoms with Crippen molar-refractivity contribution < 1.29 is 19.5 Å². The van der Waals surface area contributed by atoms with Crippen LogP contribution in [0.4, 0.5) is 0 Å². The second-order valence-electron chi connectivity index (χ2n) is 4.62. The standard InChI is InChI=1S/C14H17N3O4/c1-9(2)16-12(18)7-13(19)17-15-8-10-3-5-11(6-4-10)14(20)21/h3-6,8-9H,7H2,1-2H3,(H,16,18)(H,17,19)(H,20,21)/b15-8+. The highest BCUT2D eigenvalue weighted by atomic mass is 16.4. The second-order valence-corrected chi connectivity index (χ2v) is 4.62. The Bertz CT molecular complexity index is 550. The zero-order chi connectivity index (χ0) is 15.8. The van der Waals surface area contributed by atoms with Gasteiger partial charge < -0.3 is 10.4 Å². The monoisotopic (exact) mass is 291 g/mol. The van der Waals surface area contributed by atoms with Crippen LogP contribution in [0.2, 0.25) is 0 Å². The van der Waals surface area contributed by atoms with Crippen LogP contribution in [-0.4, -0.2) is 35.1 Å². The first-order chi connectivity index (χ1) is 9.88. The normalized spacial score (nSPS) is 10.6. The fraction of sp³-hybridized carbons (Fsp3) is 0.286. The number of carbonyl (C=O) groups excluding carboxylic acids is 2. The maximum atomic E-state index is 11.4. The molecule has 3 N–H and O–H groups in total. The van der Waals surface area contributed by atoms with Crippen molar-refractivity contribution in [3.63, 3.8) is 0 Å². The SMILES string of the molecule is CC(C)NC(=O)CC(=O)N/N=C/c1ccc(C(=O)O)cc1. The summed E-state index contributed by atoms with van der Waals surface area (Å²) in [6, 6.07) is 5.96. The number of amides is 2. The number of carboxylic acids is 1. The molecule has 0 saturated heterocycles. The van der Waals surface area contributed by atoms with E-state index >= 15 is 0 Å². The van der Waals surface area contributed by atoms with Gasteiger partial charge in [-0.05, 0) is 31.5 Å². The van der Waals surface area contributed by atoms with Crippen molar-refractivity contribution in [2.45, 2.75) is 26.3 Å². The number of nitrogens with one attached hydrogen (secondary N) is 2. The number of hydrogen-bond donors (Lipinski definition) is 3. The third-order valence-electron chi connectivity index (χ3n) is 2.33. The van der Waals surface area contributed by atoms with Crippen LogP contribution >= 0.6 is 0 Å². The lowest BCUT2D eigenvalue weighted by molar-refractivity contribution is -0.129. The predicted octanol–water partition coefficient (Wildman–Crippen LogP) is 0.750. The number of aromatic carboxylic acids is 1. The van der Waals surface area contributed by atoms with Gasteiger partial charge in [-0.2, -0.15) is 5.10 Å². The van der Waals surface area contributed by atoms with Gasteiger partial charge in [-0.25, -0.2) is 10.2 Å². The van der Waals surface area contributed by atoms with Crippen LogP contribution in [0.3, 0.4) is 0 Å². The third kappa shape index (κ3) is 6.33. The Morgan fingerprint density at radius 1 is 1.19 bits per heavy atom. The van der Waals surface area contributed by atoms with Crippen molar-refractivity contribution in [1.82, 2.24) is 10.7 Å². The van der Waals surface area contributed by atoms with E-state index in [-0.39, 0.29) is 23.9 Å². The van der Waals surface area contributed by atoms with Crippen LogP contribution in [-0.2, 0) is 9.59 Å². The largest absolute Gasteiger partial charge is 0.478 e. The predicted molar refractivity (Wildman–Crippen MR) is 77.0 cm³/mol. The van der Waals surface area contributed by atoms with Crippen LogP contribution in [0.5, 0.6) is 0 Å². The van der Waals surface area contributed by atoms with E-state index in [1.807, 2.05) is 0 Å². The second kappa shape index (κ2) is 7.78. The van der Waals surface area contributed by atoms with Crippen LogP contribution in [0.1, 0.15) is 36.2 Å². The van der Waals surface area contributed by atoms with E-state index in [1.54, 1.807) is 26.0 Å². The fourth-order valence-electron chi connectivity index (χ4n) is 1.45. The molecular formula is C14H17N3O4. The van der Waals surface area contributed by atoms with Crippen molar-refractivity contribution in [3.05, 3.63) is 35.4 Å². The summed E-state index contributed by atoms with van der Waals surface area (Å²) in [6.07, 6.45) is 1.07. The zero-order valence-electron chi connectivity index (χ0n) is 11.8. The van der Waals surface area contributed by atoms with Crippen molar-refractivity contribution in [1.29, 1.82) is 0 Å². The molecule has 0 heterocycles. The van der Waals surface area contributed by atoms with Gasteiger partial charge >= 0.3 is 5.97 Å². The molecule has 1 aromatic rings. The maximum Gasteiger partial charge on any atom is 0.335 e. The molecule has 0 aliphatic carbocycles. The van der Waals surface area contributed by atoms with Crippen LogP contribution < -0.4 is 10.7 Å². The highest BCUT2D eigenvalue weighted by Crippen LogP contribution is 2.02. The summed E-state index contributed by atoms with van der Waals surface area (Å²) in [5, 5.41) is 15.0. The first-order valence-corrected chi connectivity index (χ1v) is 6.33. The molecule has 0 saturated carbocycles. The minimum Gasteiger partial charge on any atom is -0.478 e. The van der Waals surface area contributed by atoms with Crippen molar-refractivity contribution in [2.75, 3.05) is 0 Å². The van der Waals surface area contributed by atoms with E-state index in [0.717, 1.165) is 0 Å². The Balaban J connectivity index is 2.45. The lowest BCUT2D eigenvalue weighted by Gasteiger charge is -2.06. The van der Waals surface area contributed by atoms with Gasteiger partial charge in [0.1, 0.15) is 6.42 Å². The topological polar surface area (TPSA) is 108 Å². The molecule has 112 valence electrons. The summed E-state index contributed by atoms with van der Waals surface area (Å²) in [5.74, 6) is -1.90. The molecule has 0 atom stereocenters. The molecule has 2 amide bonds. The highest BCUT2D eigenvalue weighted by Gasteiger charge is 2.09. The van der Waals surface area contributed by atoms with Crippen LogP contribution in [0.15, 0.2) is 29.4 Å². The third-order valence-corrected chi connectivity index (χ3v) is 2.33. The fourth-order valence-corrected chi connectivity index (χ4v) is 1.45. The number of nitrogens with zero attached hydrogens (tertiary/aromatic N) is 1. The van der Waals surface area contributed by atoms with Crippen LogP contribution in [0, 0.1) is 0 Å². The Morgan fingerprint density at radius 3 is 2.33 bits per heavy atom. The average molecular weight is 291 g/mol. The molecule has 0 aliphatic heterocycles. The van der Waals surface area contributed by atoms with Gasteiger partial charge in [0.25, 0.3) is 0 Å². The number of rotatable bonds is 6. The lowest BCUT2D eigenvalue weighted by atomic mass is 10.1. The number of hydrazone groups is 1. The first kappa shape index (κ1) is 16.4. The Morgan fingerprint density at radius 2 is 1.81 bits per heavy atom. The number of benzene rings is 1. The quantitative estimate of drug-likeness (QED) is 0.408. The molecule has 0 unspecified atom stereocenters. The van der Waals surface area contributed by atoms with Gasteiger partial charge in [-0.15, -0.1) is 0 Å². The molecule has 1 rings (SSSR count). The first-order valence-electron chi connectivity index (χ1n) is 6.33. The summed E-state index contributed by atoms with van der Waals surface area (Å²) < 4.78 is 0. The average Bonchev–Trinajstić information content (AvgIpc) is 2.38. The summed E-state index contributed by atoms with van der Waals surface area (Å²) in [6.45, 7) is 3.60. The molecular weight excluding hydrogens is 274 g/mol. The summed E-state index contributed by atoms with van der Waals surface area (Å²) in [4.78, 5) is 33.4. The van der Waals surface area contributed by atoms with E-state index in [2.05, 4.69) is 15.8 Å². The molecule has 0 spiro atoms. The minimum atomic E-state index is -1.01. The lowest BCUT2D eigenvalue weighted by Crippen LogP contribution is -2.34. The molecule has 0 fully saturated rings. The van der Waals surface area contributed by atoms with Gasteiger partial charge in [-0.1, -0.05) is 12.1 Å². The number of carbonyl (C=O) groups is 3. The van der Waals surface area contributed by atoms with Gasteiger partial charge in [-0.3, -0.25) is 9.59 Å². The zero-order valence-corrected chi connectivity index (χ0v) is 11.8. The summed E-state index contributed by atoms with van der Waals surface area (Å²) in [7, 11) is 0. The summed E-state index contributed by atoms with van der Waals surface area (Å²) in [5.41, 5.74) is 3.03. The van der Waals surface area contributed by atoms with E-state index in [4.69, 9.17) is 5.11 Å². The Kier molecular flexibility index (Phi) is 6.06. The van der Waals surface area contributed by atoms with Gasteiger partial charge in [0, 0.05) is 6.04 Å². The maximum absolute atomic E-state index is 11.4. The molecule has 0 aromatic heterocycles. The van der Waals surface area contributed by atoms with Crippen molar-refractivity contribution in [2.24, 2.45) is 5.10 Å². The smallest absolute Gasteiger partial charge is 0.335 e. The van der Waals surface area contributed by atoms with E-state index in [9.17, 15) is 14.4 Å². The van der Waals surface area contributed by atoms with Crippen molar-refractivity contribution in [3.8, 4) is 0 Å². The molecule has 0 bridgehead atoms. The molecule has 7 heteroatoms. The van der Waals surface area contributed by atoms with Gasteiger partial charge in [0.2, 0.25) is 11.8 Å². The Labute approximate surface area is 122 Å². The van der Waals surface area contributed by atoms with Gasteiger partial charge in [0.15, 0.2) is 0 Å². The van der Waals surface area contributed by atoms with E-state index in [0.29, 0.717) is 5.56 Å². The summed E-state index contributed by atoms with van der Waals surface area (Å²) >= 11 is 0. The molecule has 0 radical (unpaired) electrons. The molecule has 21 heavy (non-hydrogen) atoms. The molecule has 7 nitrogen and oxygen atoms in total. The van der Waals surface area contributed by atoms with Crippen LogP contribution in [0.25, 0.3) is 0 Å². The number of carboxylic acid groups (broad SMARTS) is 1. The van der Waals surface area contributed by atoms with E-state index < -0.39 is 11.9 Å². The van der Waals surface area contributed by atoms with Gasteiger partial charge in [0.05, 0.1) is 11.8 Å². The molecule has 0 aliphatic rings. The van der Waals surface area contributed by atoms with Crippen molar-refractivity contribution >= 4 is 24.0 Å². The Hall–Kier alpha value is -2.70. The molecule has 1 aromatic carbocycles.